The second kappa shape index (κ2) is 4.38. The lowest BCUT2D eigenvalue weighted by Gasteiger charge is -2.31. The molecule has 0 radical (unpaired) electrons. The topological polar surface area (TPSA) is 12.0 Å². The van der Waals surface area contributed by atoms with Crippen molar-refractivity contribution in [1.82, 2.24) is 5.32 Å². The first-order valence-corrected chi connectivity index (χ1v) is 7.40. The van der Waals surface area contributed by atoms with Gasteiger partial charge in [-0.1, -0.05) is 51.0 Å². The molecule has 1 saturated carbocycles. The van der Waals surface area contributed by atoms with Gasteiger partial charge >= 0.3 is 0 Å². The summed E-state index contributed by atoms with van der Waals surface area (Å²) in [4.78, 5) is 0. The van der Waals surface area contributed by atoms with E-state index in [1.807, 2.05) is 0 Å². The zero-order valence-electron chi connectivity index (χ0n) is 11.9. The molecule has 3 rings (SSSR count). The van der Waals surface area contributed by atoms with E-state index in [0.29, 0.717) is 17.5 Å². The van der Waals surface area contributed by atoms with Crippen molar-refractivity contribution in [3.63, 3.8) is 0 Å². The number of nitrogens with one attached hydrogen (secondary N) is 1. The van der Waals surface area contributed by atoms with Crippen molar-refractivity contribution in [1.29, 1.82) is 0 Å². The summed E-state index contributed by atoms with van der Waals surface area (Å²) < 4.78 is 0. The van der Waals surface area contributed by atoms with E-state index in [-0.39, 0.29) is 0 Å². The summed E-state index contributed by atoms with van der Waals surface area (Å²) in [6, 6.07) is 10.1. The summed E-state index contributed by atoms with van der Waals surface area (Å²) in [7, 11) is 0. The standard InChI is InChI=1S/C17H25N/c1-12(10-13-8-9-13)18-16-15-7-5-4-6-14(15)11-17(16,2)3/h4-7,12-13,16,18H,8-11H2,1-3H3. The summed E-state index contributed by atoms with van der Waals surface area (Å²) in [6.45, 7) is 7.15. The Morgan fingerprint density at radius 2 is 2.00 bits per heavy atom. The lowest BCUT2D eigenvalue weighted by atomic mass is 9.85. The van der Waals surface area contributed by atoms with Gasteiger partial charge in [0.2, 0.25) is 0 Å². The minimum Gasteiger partial charge on any atom is -0.307 e. The summed E-state index contributed by atoms with van der Waals surface area (Å²) in [5, 5.41) is 3.90. The van der Waals surface area contributed by atoms with Crippen molar-refractivity contribution in [2.24, 2.45) is 11.3 Å². The molecule has 0 heterocycles. The Morgan fingerprint density at radius 3 is 2.72 bits per heavy atom. The number of benzene rings is 1. The van der Waals surface area contributed by atoms with Crippen molar-refractivity contribution < 1.29 is 0 Å². The largest absolute Gasteiger partial charge is 0.307 e. The van der Waals surface area contributed by atoms with Crippen LogP contribution in [0.1, 0.15) is 57.2 Å². The molecule has 2 atom stereocenters. The molecule has 2 aliphatic carbocycles. The first-order valence-electron chi connectivity index (χ1n) is 7.40. The predicted octanol–water partition coefficient (Wildman–Crippen LogP) is 4.09. The van der Waals surface area contributed by atoms with E-state index >= 15 is 0 Å². The van der Waals surface area contributed by atoms with Crippen molar-refractivity contribution in [3.05, 3.63) is 35.4 Å². The molecule has 1 N–H and O–H groups in total. The average molecular weight is 243 g/mol. The third kappa shape index (κ3) is 2.33. The van der Waals surface area contributed by atoms with Gasteiger partial charge in [0.05, 0.1) is 0 Å². The Morgan fingerprint density at radius 1 is 1.28 bits per heavy atom. The fourth-order valence-corrected chi connectivity index (χ4v) is 3.51. The van der Waals surface area contributed by atoms with E-state index in [1.165, 1.54) is 31.2 Å². The van der Waals surface area contributed by atoms with Crippen LogP contribution < -0.4 is 5.32 Å². The number of hydrogen-bond acceptors (Lipinski definition) is 1. The molecule has 2 aliphatic rings. The first-order chi connectivity index (χ1) is 8.56. The van der Waals surface area contributed by atoms with Crippen LogP contribution in [0.3, 0.4) is 0 Å². The molecule has 1 aromatic rings. The Kier molecular flexibility index (Phi) is 2.97. The first kappa shape index (κ1) is 12.2. The van der Waals surface area contributed by atoms with E-state index in [0.717, 1.165) is 5.92 Å². The SMILES string of the molecule is CC(CC1CC1)NC1c2ccccc2CC1(C)C. The van der Waals surface area contributed by atoms with Gasteiger partial charge in [-0.05, 0) is 42.2 Å². The second-order valence-electron chi connectivity index (χ2n) is 7.04. The maximum Gasteiger partial charge on any atom is 0.0379 e. The monoisotopic (exact) mass is 243 g/mol. The van der Waals surface area contributed by atoms with Gasteiger partial charge in [0.25, 0.3) is 0 Å². The minimum atomic E-state index is 0.349. The van der Waals surface area contributed by atoms with Gasteiger partial charge in [-0.3, -0.25) is 0 Å². The quantitative estimate of drug-likeness (QED) is 0.840. The summed E-state index contributed by atoms with van der Waals surface area (Å²) in [5.41, 5.74) is 3.42. The summed E-state index contributed by atoms with van der Waals surface area (Å²) in [5.74, 6) is 1.01. The molecule has 0 bridgehead atoms. The summed E-state index contributed by atoms with van der Waals surface area (Å²) >= 11 is 0. The second-order valence-corrected chi connectivity index (χ2v) is 7.04. The van der Waals surface area contributed by atoms with Crippen LogP contribution >= 0.6 is 0 Å². The summed E-state index contributed by atoms with van der Waals surface area (Å²) in [6.07, 6.45) is 5.47. The fourth-order valence-electron chi connectivity index (χ4n) is 3.51. The van der Waals surface area contributed by atoms with Crippen LogP contribution in [0, 0.1) is 11.3 Å². The van der Waals surface area contributed by atoms with Crippen LogP contribution in [0.25, 0.3) is 0 Å². The van der Waals surface area contributed by atoms with Crippen LogP contribution in [-0.4, -0.2) is 6.04 Å². The van der Waals surface area contributed by atoms with E-state index in [1.54, 1.807) is 5.56 Å². The van der Waals surface area contributed by atoms with Crippen molar-refractivity contribution >= 4 is 0 Å². The molecular weight excluding hydrogens is 218 g/mol. The molecule has 0 aromatic heterocycles. The van der Waals surface area contributed by atoms with Crippen LogP contribution in [0.4, 0.5) is 0 Å². The smallest absolute Gasteiger partial charge is 0.0379 e. The molecule has 98 valence electrons. The molecule has 0 aliphatic heterocycles. The number of rotatable bonds is 4. The van der Waals surface area contributed by atoms with Gasteiger partial charge in [0, 0.05) is 12.1 Å². The van der Waals surface area contributed by atoms with Gasteiger partial charge in [0.15, 0.2) is 0 Å². The van der Waals surface area contributed by atoms with Gasteiger partial charge < -0.3 is 5.32 Å². The molecule has 1 aromatic carbocycles. The number of fused-ring (bicyclic) bond motifs is 1. The zero-order valence-corrected chi connectivity index (χ0v) is 11.9. The van der Waals surface area contributed by atoms with Crippen molar-refractivity contribution in [3.8, 4) is 0 Å². The molecule has 1 heteroatoms. The Bertz CT molecular complexity index is 431. The highest BCUT2D eigenvalue weighted by molar-refractivity contribution is 5.37. The molecule has 1 nitrogen and oxygen atoms in total. The maximum atomic E-state index is 3.90. The molecule has 2 unspecified atom stereocenters. The van der Waals surface area contributed by atoms with Gasteiger partial charge in [-0.2, -0.15) is 0 Å². The Balaban J connectivity index is 1.76. The molecule has 18 heavy (non-hydrogen) atoms. The van der Waals surface area contributed by atoms with E-state index in [4.69, 9.17) is 0 Å². The Labute approximate surface area is 111 Å². The van der Waals surface area contributed by atoms with Gasteiger partial charge in [-0.15, -0.1) is 0 Å². The zero-order chi connectivity index (χ0) is 12.8. The Hall–Kier alpha value is -0.820. The minimum absolute atomic E-state index is 0.349. The van der Waals surface area contributed by atoms with E-state index in [9.17, 15) is 0 Å². The van der Waals surface area contributed by atoms with E-state index < -0.39 is 0 Å². The fraction of sp³-hybridized carbons (Fsp3) is 0.647. The predicted molar refractivity (Wildman–Crippen MR) is 76.6 cm³/mol. The van der Waals surface area contributed by atoms with Gasteiger partial charge in [-0.25, -0.2) is 0 Å². The molecular formula is C17H25N. The number of hydrogen-bond donors (Lipinski definition) is 1. The average Bonchev–Trinajstić information content (AvgIpc) is 3.06. The maximum absolute atomic E-state index is 3.90. The molecule has 0 saturated heterocycles. The van der Waals surface area contributed by atoms with Crippen molar-refractivity contribution in [2.45, 2.75) is 58.5 Å². The highest BCUT2D eigenvalue weighted by Gasteiger charge is 2.39. The normalized spacial score (nSPS) is 26.9. The molecule has 0 spiro atoms. The highest BCUT2D eigenvalue weighted by atomic mass is 15.0. The highest BCUT2D eigenvalue weighted by Crippen LogP contribution is 2.45. The molecule has 1 fully saturated rings. The molecule has 0 amide bonds. The lowest BCUT2D eigenvalue weighted by molar-refractivity contribution is 0.245. The van der Waals surface area contributed by atoms with Crippen LogP contribution in [0.2, 0.25) is 0 Å². The third-order valence-corrected chi connectivity index (χ3v) is 4.63. The van der Waals surface area contributed by atoms with E-state index in [2.05, 4.69) is 50.4 Å². The van der Waals surface area contributed by atoms with Crippen molar-refractivity contribution in [2.75, 3.05) is 0 Å². The van der Waals surface area contributed by atoms with Gasteiger partial charge in [0.1, 0.15) is 0 Å². The van der Waals surface area contributed by atoms with Crippen LogP contribution in [-0.2, 0) is 6.42 Å². The lowest BCUT2D eigenvalue weighted by Crippen LogP contribution is -2.37. The van der Waals surface area contributed by atoms with Crippen LogP contribution in [0.5, 0.6) is 0 Å². The van der Waals surface area contributed by atoms with Crippen LogP contribution in [0.15, 0.2) is 24.3 Å². The third-order valence-electron chi connectivity index (χ3n) is 4.63.